The molecule has 0 radical (unpaired) electrons. The number of carbonyl (C=O) groups is 2. The van der Waals surface area contributed by atoms with Crippen LogP contribution in [-0.2, 0) is 9.59 Å². The molecule has 0 bridgehead atoms. The molecule has 120 valence electrons. The summed E-state index contributed by atoms with van der Waals surface area (Å²) >= 11 is 0. The van der Waals surface area contributed by atoms with Crippen LogP contribution in [0.2, 0.25) is 0 Å². The largest absolute Gasteiger partial charge is 0.478 e. The van der Waals surface area contributed by atoms with Crippen LogP contribution in [-0.4, -0.2) is 28.9 Å². The van der Waals surface area contributed by atoms with Crippen LogP contribution >= 0.6 is 0 Å². The number of para-hydroxylation sites is 1. The van der Waals surface area contributed by atoms with Crippen molar-refractivity contribution >= 4 is 23.3 Å². The Hall–Kier alpha value is -2.64. The first-order chi connectivity index (χ1) is 10.8. The summed E-state index contributed by atoms with van der Waals surface area (Å²) in [6.45, 7) is 0. The average Bonchev–Trinajstić information content (AvgIpc) is 3.25. The molecule has 0 atom stereocenters. The summed E-state index contributed by atoms with van der Waals surface area (Å²) in [4.78, 5) is 23.5. The van der Waals surface area contributed by atoms with Gasteiger partial charge in [0.25, 0.3) is 5.91 Å². The van der Waals surface area contributed by atoms with Gasteiger partial charge in [-0.15, -0.1) is 0 Å². The van der Waals surface area contributed by atoms with E-state index in [1.54, 1.807) is 18.2 Å². The van der Waals surface area contributed by atoms with Crippen molar-refractivity contribution in [3.8, 4) is 0 Å². The summed E-state index contributed by atoms with van der Waals surface area (Å²) in [5, 5.41) is 13.8. The highest BCUT2D eigenvalue weighted by molar-refractivity contribution is 6.34. The number of anilines is 1. The predicted octanol–water partition coefficient (Wildman–Crippen LogP) is 2.74. The van der Waals surface area contributed by atoms with E-state index in [1.807, 2.05) is 0 Å². The van der Waals surface area contributed by atoms with E-state index >= 15 is 0 Å². The number of nitrogens with zero attached hydrogens (tertiary/aromatic N) is 2. The zero-order valence-corrected chi connectivity index (χ0v) is 11.7. The molecule has 1 N–H and O–H groups in total. The van der Waals surface area contributed by atoms with Crippen molar-refractivity contribution in [1.29, 1.82) is 0 Å². The molecular formula is C15H11F3N2O3. The first-order valence-electron chi connectivity index (χ1n) is 6.84. The fraction of sp³-hybridized carbons (Fsp3) is 0.267. The number of rotatable bonds is 3. The van der Waals surface area contributed by atoms with E-state index in [4.69, 9.17) is 5.11 Å². The molecule has 23 heavy (non-hydrogen) atoms. The lowest BCUT2D eigenvalue weighted by Gasteiger charge is -2.13. The Morgan fingerprint density at radius 3 is 2.30 bits per heavy atom. The summed E-state index contributed by atoms with van der Waals surface area (Å²) in [7, 11) is 0. The van der Waals surface area contributed by atoms with Crippen LogP contribution < -0.4 is 5.01 Å². The first kappa shape index (κ1) is 15.3. The van der Waals surface area contributed by atoms with Gasteiger partial charge in [-0.2, -0.15) is 23.3 Å². The lowest BCUT2D eigenvalue weighted by atomic mass is 9.99. The van der Waals surface area contributed by atoms with E-state index in [2.05, 4.69) is 5.10 Å². The van der Waals surface area contributed by atoms with Crippen LogP contribution in [0.25, 0.3) is 0 Å². The van der Waals surface area contributed by atoms with E-state index < -0.39 is 29.2 Å². The van der Waals surface area contributed by atoms with Gasteiger partial charge in [-0.25, -0.2) is 4.79 Å². The Bertz CT molecular complexity index is 734. The zero-order valence-electron chi connectivity index (χ0n) is 11.7. The molecule has 1 saturated carbocycles. The molecule has 2 aliphatic rings. The van der Waals surface area contributed by atoms with Crippen molar-refractivity contribution in [2.24, 2.45) is 11.0 Å². The van der Waals surface area contributed by atoms with E-state index in [-0.39, 0.29) is 17.3 Å². The van der Waals surface area contributed by atoms with Crippen LogP contribution in [0.3, 0.4) is 0 Å². The van der Waals surface area contributed by atoms with Crippen molar-refractivity contribution < 1.29 is 27.9 Å². The van der Waals surface area contributed by atoms with Crippen LogP contribution in [0.5, 0.6) is 0 Å². The number of alkyl halides is 3. The molecule has 0 unspecified atom stereocenters. The third-order valence-corrected chi connectivity index (χ3v) is 3.58. The number of carboxylic acid groups (broad SMARTS) is 1. The number of hydrazone groups is 1. The van der Waals surface area contributed by atoms with Crippen molar-refractivity contribution in [3.05, 3.63) is 41.5 Å². The number of hydrogen-bond acceptors (Lipinski definition) is 3. The van der Waals surface area contributed by atoms with Gasteiger partial charge in [-0.3, -0.25) is 4.79 Å². The number of carboxylic acids is 1. The Kier molecular flexibility index (Phi) is 3.46. The maximum Gasteiger partial charge on any atom is 0.424 e. The normalized spacial score (nSPS) is 20.6. The molecule has 1 aliphatic carbocycles. The number of carbonyl (C=O) groups excluding carboxylic acids is 1. The summed E-state index contributed by atoms with van der Waals surface area (Å²) in [5.41, 5.74) is -2.51. The number of hydrogen-bond donors (Lipinski definition) is 1. The number of benzene rings is 1. The lowest BCUT2D eigenvalue weighted by molar-refractivity contribution is -0.145. The molecular weight excluding hydrogens is 313 g/mol. The number of aliphatic carboxylic acids is 1. The molecule has 1 aromatic carbocycles. The Balaban J connectivity index is 2.16. The summed E-state index contributed by atoms with van der Waals surface area (Å²) in [6, 6.07) is 7.94. The second-order valence-electron chi connectivity index (χ2n) is 5.26. The second kappa shape index (κ2) is 5.22. The topological polar surface area (TPSA) is 70.0 Å². The first-order valence-corrected chi connectivity index (χ1v) is 6.84. The minimum atomic E-state index is -5.14. The molecule has 1 aliphatic heterocycles. The van der Waals surface area contributed by atoms with E-state index in [0.717, 1.165) is 5.01 Å². The molecule has 1 amide bonds. The van der Waals surface area contributed by atoms with Gasteiger partial charge in [-0.05, 0) is 25.0 Å². The molecule has 1 heterocycles. The van der Waals surface area contributed by atoms with Gasteiger partial charge < -0.3 is 5.11 Å². The van der Waals surface area contributed by atoms with E-state index in [1.165, 1.54) is 12.1 Å². The number of halogens is 3. The van der Waals surface area contributed by atoms with E-state index in [0.29, 0.717) is 12.8 Å². The van der Waals surface area contributed by atoms with Gasteiger partial charge in [0.2, 0.25) is 0 Å². The van der Waals surface area contributed by atoms with Crippen molar-refractivity contribution in [2.45, 2.75) is 19.0 Å². The third kappa shape index (κ3) is 2.71. The lowest BCUT2D eigenvalue weighted by Crippen LogP contribution is -2.29. The van der Waals surface area contributed by atoms with Crippen molar-refractivity contribution in [1.82, 2.24) is 0 Å². The van der Waals surface area contributed by atoms with Gasteiger partial charge in [0.05, 0.1) is 17.0 Å². The number of amides is 1. The van der Waals surface area contributed by atoms with Gasteiger partial charge in [0.1, 0.15) is 0 Å². The second-order valence-corrected chi connectivity index (χ2v) is 5.26. The minimum absolute atomic E-state index is 0.0893. The monoisotopic (exact) mass is 324 g/mol. The molecule has 0 saturated heterocycles. The van der Waals surface area contributed by atoms with Gasteiger partial charge >= 0.3 is 12.1 Å². The maximum absolute atomic E-state index is 13.1. The molecule has 8 heteroatoms. The minimum Gasteiger partial charge on any atom is -0.478 e. The van der Waals surface area contributed by atoms with Crippen molar-refractivity contribution in [2.75, 3.05) is 5.01 Å². The fourth-order valence-electron chi connectivity index (χ4n) is 2.41. The van der Waals surface area contributed by atoms with Crippen LogP contribution in [0.4, 0.5) is 18.9 Å². The Labute approximate surface area is 128 Å². The molecule has 0 aromatic heterocycles. The third-order valence-electron chi connectivity index (χ3n) is 3.58. The highest BCUT2D eigenvalue weighted by Gasteiger charge is 2.50. The Morgan fingerprint density at radius 2 is 1.83 bits per heavy atom. The smallest absolute Gasteiger partial charge is 0.424 e. The summed E-state index contributed by atoms with van der Waals surface area (Å²) < 4.78 is 39.4. The average molecular weight is 324 g/mol. The SMILES string of the molecule is O=C(O)C(=C1C(=O)N(c2ccccc2)N=C1C1CC1)C(F)(F)F. The molecule has 1 fully saturated rings. The molecule has 5 nitrogen and oxygen atoms in total. The highest BCUT2D eigenvalue weighted by atomic mass is 19.4. The highest BCUT2D eigenvalue weighted by Crippen LogP contribution is 2.41. The Morgan fingerprint density at radius 1 is 1.22 bits per heavy atom. The standard InChI is InChI=1S/C15H11F3N2O3/c16-15(17,18)11(14(22)23)10-12(8-6-7-8)19-20(13(10)21)9-4-2-1-3-5-9/h1-5,8H,6-7H2,(H,22,23). The van der Waals surface area contributed by atoms with Crippen LogP contribution in [0.15, 0.2) is 46.6 Å². The summed E-state index contributed by atoms with van der Waals surface area (Å²) in [5.74, 6) is -3.55. The predicted molar refractivity (Wildman–Crippen MR) is 74.8 cm³/mol. The quantitative estimate of drug-likeness (QED) is 0.869. The van der Waals surface area contributed by atoms with E-state index in [9.17, 15) is 22.8 Å². The van der Waals surface area contributed by atoms with Crippen LogP contribution in [0.1, 0.15) is 12.8 Å². The van der Waals surface area contributed by atoms with Crippen LogP contribution in [0, 0.1) is 5.92 Å². The zero-order chi connectivity index (χ0) is 16.8. The van der Waals surface area contributed by atoms with Gasteiger partial charge in [0.15, 0.2) is 5.57 Å². The molecule has 3 rings (SSSR count). The summed E-state index contributed by atoms with van der Waals surface area (Å²) in [6.07, 6.45) is -3.97. The van der Waals surface area contributed by atoms with Crippen molar-refractivity contribution in [3.63, 3.8) is 0 Å². The van der Waals surface area contributed by atoms with Gasteiger partial charge in [0, 0.05) is 5.92 Å². The van der Waals surface area contributed by atoms with Gasteiger partial charge in [-0.1, -0.05) is 18.2 Å². The maximum atomic E-state index is 13.1. The molecule has 0 spiro atoms. The molecule has 1 aromatic rings. The fourth-order valence-corrected chi connectivity index (χ4v) is 2.41.